The average Bonchev–Trinajstić information content (AvgIpc) is 2.94. The summed E-state index contributed by atoms with van der Waals surface area (Å²) in [5.74, 6) is -1.48. The van der Waals surface area contributed by atoms with Gasteiger partial charge in [0, 0.05) is 18.3 Å². The van der Waals surface area contributed by atoms with Gasteiger partial charge in [-0.3, -0.25) is 9.59 Å². The average molecular weight is 382 g/mol. The van der Waals surface area contributed by atoms with Gasteiger partial charge in [0.2, 0.25) is 11.8 Å². The normalized spacial score (nSPS) is 18.2. The summed E-state index contributed by atoms with van der Waals surface area (Å²) in [5.41, 5.74) is 0.653. The third kappa shape index (κ3) is 5.04. The molecule has 1 atom stereocenters. The van der Waals surface area contributed by atoms with Gasteiger partial charge in [-0.2, -0.15) is 0 Å². The van der Waals surface area contributed by atoms with Crippen LogP contribution in [0.2, 0.25) is 0 Å². The van der Waals surface area contributed by atoms with E-state index in [1.165, 1.54) is 18.1 Å². The number of methoxy groups -OCH3 is 1. The number of hydrogen-bond acceptors (Lipinski definition) is 6. The maximum Gasteiger partial charge on any atom is 0.337 e. The minimum absolute atomic E-state index is 0.0601. The standard InChI is InChI=1S/C17H22N2O6S/c1-3-19(14-7-8-26(23,24)11-14)16(21)10-15(20)18-13-6-4-5-12(9-13)17(22)25-2/h4-6,9,14H,3,7-8,10-11H2,1-2H3,(H,18,20). The lowest BCUT2D eigenvalue weighted by Crippen LogP contribution is -2.42. The number of anilines is 1. The van der Waals surface area contributed by atoms with E-state index in [2.05, 4.69) is 10.1 Å². The highest BCUT2D eigenvalue weighted by atomic mass is 32.2. The minimum atomic E-state index is -3.11. The molecule has 1 aliphatic rings. The van der Waals surface area contributed by atoms with Crippen LogP contribution in [0.25, 0.3) is 0 Å². The maximum absolute atomic E-state index is 12.4. The molecule has 1 fully saturated rings. The molecule has 1 aromatic rings. The monoisotopic (exact) mass is 382 g/mol. The molecule has 26 heavy (non-hydrogen) atoms. The molecule has 0 radical (unpaired) electrons. The second kappa shape index (κ2) is 8.31. The molecule has 1 aromatic carbocycles. The van der Waals surface area contributed by atoms with E-state index in [0.717, 1.165) is 0 Å². The summed E-state index contributed by atoms with van der Waals surface area (Å²) in [4.78, 5) is 37.5. The molecule has 2 rings (SSSR count). The van der Waals surface area contributed by atoms with Crippen molar-refractivity contribution in [3.8, 4) is 0 Å². The number of ether oxygens (including phenoxy) is 1. The predicted octanol–water partition coefficient (Wildman–Crippen LogP) is 0.837. The van der Waals surface area contributed by atoms with Crippen LogP contribution in [-0.4, -0.2) is 62.3 Å². The zero-order valence-corrected chi connectivity index (χ0v) is 15.5. The molecule has 1 N–H and O–H groups in total. The van der Waals surface area contributed by atoms with E-state index in [9.17, 15) is 22.8 Å². The third-order valence-corrected chi connectivity index (χ3v) is 5.94. The highest BCUT2D eigenvalue weighted by Gasteiger charge is 2.34. The molecule has 2 amide bonds. The number of amides is 2. The van der Waals surface area contributed by atoms with E-state index < -0.39 is 34.0 Å². The van der Waals surface area contributed by atoms with Gasteiger partial charge in [-0.25, -0.2) is 13.2 Å². The van der Waals surface area contributed by atoms with Crippen LogP contribution in [0.3, 0.4) is 0 Å². The molecule has 1 unspecified atom stereocenters. The number of carbonyl (C=O) groups excluding carboxylic acids is 3. The van der Waals surface area contributed by atoms with E-state index in [1.807, 2.05) is 0 Å². The molecule has 0 aromatic heterocycles. The molecular formula is C17H22N2O6S. The number of benzene rings is 1. The van der Waals surface area contributed by atoms with Crippen LogP contribution in [0.15, 0.2) is 24.3 Å². The van der Waals surface area contributed by atoms with Crippen LogP contribution in [0.1, 0.15) is 30.1 Å². The van der Waals surface area contributed by atoms with Crippen LogP contribution in [0.4, 0.5) is 5.69 Å². The van der Waals surface area contributed by atoms with Gasteiger partial charge in [0.1, 0.15) is 6.42 Å². The lowest BCUT2D eigenvalue weighted by molar-refractivity contribution is -0.135. The first-order chi connectivity index (χ1) is 12.3. The smallest absolute Gasteiger partial charge is 0.337 e. The van der Waals surface area contributed by atoms with Gasteiger partial charge in [-0.05, 0) is 31.5 Å². The zero-order chi connectivity index (χ0) is 19.3. The van der Waals surface area contributed by atoms with Gasteiger partial charge in [-0.15, -0.1) is 0 Å². The summed E-state index contributed by atoms with van der Waals surface area (Å²) < 4.78 is 27.8. The van der Waals surface area contributed by atoms with Gasteiger partial charge >= 0.3 is 5.97 Å². The van der Waals surface area contributed by atoms with Gasteiger partial charge in [0.05, 0.1) is 24.2 Å². The Hall–Kier alpha value is -2.42. The Bertz CT molecular complexity index is 805. The molecule has 0 saturated carbocycles. The zero-order valence-electron chi connectivity index (χ0n) is 14.7. The molecule has 1 aliphatic heterocycles. The molecule has 8 nitrogen and oxygen atoms in total. The fourth-order valence-corrected chi connectivity index (χ4v) is 4.68. The number of rotatable bonds is 6. The summed E-state index contributed by atoms with van der Waals surface area (Å²) in [6, 6.07) is 5.80. The number of nitrogens with zero attached hydrogens (tertiary/aromatic N) is 1. The van der Waals surface area contributed by atoms with Crippen molar-refractivity contribution in [2.45, 2.75) is 25.8 Å². The van der Waals surface area contributed by atoms with Crippen LogP contribution in [0, 0.1) is 0 Å². The van der Waals surface area contributed by atoms with Gasteiger partial charge in [-0.1, -0.05) is 6.07 Å². The van der Waals surface area contributed by atoms with Crippen LogP contribution in [0.5, 0.6) is 0 Å². The first kappa shape index (κ1) is 19.9. The lowest BCUT2D eigenvalue weighted by atomic mass is 10.2. The van der Waals surface area contributed by atoms with E-state index in [4.69, 9.17) is 0 Å². The molecule has 0 bridgehead atoms. The molecule has 0 spiro atoms. The first-order valence-electron chi connectivity index (χ1n) is 8.24. The Morgan fingerprint density at radius 2 is 2.04 bits per heavy atom. The Morgan fingerprint density at radius 1 is 1.31 bits per heavy atom. The number of carbonyl (C=O) groups is 3. The largest absolute Gasteiger partial charge is 0.465 e. The van der Waals surface area contributed by atoms with Gasteiger partial charge < -0.3 is 15.0 Å². The third-order valence-electron chi connectivity index (χ3n) is 4.19. The van der Waals surface area contributed by atoms with E-state index in [0.29, 0.717) is 18.7 Å². The van der Waals surface area contributed by atoms with E-state index in [-0.39, 0.29) is 23.1 Å². The Kier molecular flexibility index (Phi) is 6.36. The summed E-state index contributed by atoms with van der Waals surface area (Å²) in [6.45, 7) is 2.09. The first-order valence-corrected chi connectivity index (χ1v) is 10.1. The maximum atomic E-state index is 12.4. The Labute approximate surface area is 152 Å². The number of sulfone groups is 1. The van der Waals surface area contributed by atoms with Crippen molar-refractivity contribution in [3.05, 3.63) is 29.8 Å². The lowest BCUT2D eigenvalue weighted by Gasteiger charge is -2.26. The van der Waals surface area contributed by atoms with Crippen molar-refractivity contribution in [3.63, 3.8) is 0 Å². The van der Waals surface area contributed by atoms with Crippen LogP contribution < -0.4 is 5.32 Å². The summed E-state index contributed by atoms with van der Waals surface area (Å²) >= 11 is 0. The van der Waals surface area contributed by atoms with Gasteiger partial charge in [0.25, 0.3) is 0 Å². The van der Waals surface area contributed by atoms with Crippen molar-refractivity contribution in [2.24, 2.45) is 0 Å². The number of nitrogens with one attached hydrogen (secondary N) is 1. The molecule has 142 valence electrons. The fraction of sp³-hybridized carbons (Fsp3) is 0.471. The highest BCUT2D eigenvalue weighted by molar-refractivity contribution is 7.91. The molecule has 1 saturated heterocycles. The van der Waals surface area contributed by atoms with Crippen LogP contribution in [-0.2, 0) is 24.2 Å². The van der Waals surface area contributed by atoms with Crippen molar-refractivity contribution in [2.75, 3.05) is 30.5 Å². The molecular weight excluding hydrogens is 360 g/mol. The van der Waals surface area contributed by atoms with Crippen molar-refractivity contribution in [1.29, 1.82) is 0 Å². The fourth-order valence-electron chi connectivity index (χ4n) is 2.95. The SMILES string of the molecule is CCN(C(=O)CC(=O)Nc1cccc(C(=O)OC)c1)C1CCS(=O)(=O)C1. The minimum Gasteiger partial charge on any atom is -0.465 e. The Balaban J connectivity index is 1.98. The Morgan fingerprint density at radius 3 is 2.62 bits per heavy atom. The molecule has 1 heterocycles. The van der Waals surface area contributed by atoms with Crippen molar-refractivity contribution < 1.29 is 27.5 Å². The number of esters is 1. The molecule has 9 heteroatoms. The predicted molar refractivity (Wildman–Crippen MR) is 95.5 cm³/mol. The van der Waals surface area contributed by atoms with Crippen LogP contribution >= 0.6 is 0 Å². The van der Waals surface area contributed by atoms with E-state index in [1.54, 1.807) is 25.1 Å². The molecule has 0 aliphatic carbocycles. The second-order valence-electron chi connectivity index (χ2n) is 6.03. The van der Waals surface area contributed by atoms with Crippen molar-refractivity contribution >= 4 is 33.3 Å². The quantitative estimate of drug-likeness (QED) is 0.577. The van der Waals surface area contributed by atoms with Crippen molar-refractivity contribution in [1.82, 2.24) is 4.90 Å². The summed E-state index contributed by atoms with van der Waals surface area (Å²) in [6.07, 6.45) is -0.00243. The van der Waals surface area contributed by atoms with E-state index >= 15 is 0 Å². The second-order valence-corrected chi connectivity index (χ2v) is 8.26. The summed E-state index contributed by atoms with van der Waals surface area (Å²) in [7, 11) is -1.86. The highest BCUT2D eigenvalue weighted by Crippen LogP contribution is 2.19. The topological polar surface area (TPSA) is 110 Å². The summed E-state index contributed by atoms with van der Waals surface area (Å²) in [5, 5.41) is 2.57. The number of hydrogen-bond donors (Lipinski definition) is 1. The van der Waals surface area contributed by atoms with Gasteiger partial charge in [0.15, 0.2) is 9.84 Å².